The second kappa shape index (κ2) is 4.61. The van der Waals surface area contributed by atoms with Gasteiger partial charge in [-0.1, -0.05) is 6.07 Å². The van der Waals surface area contributed by atoms with Crippen LogP contribution in [0.25, 0.3) is 0 Å². The quantitative estimate of drug-likeness (QED) is 0.811. The number of nitrogens with two attached hydrogens (primary N) is 1. The van der Waals surface area contributed by atoms with Gasteiger partial charge in [0.15, 0.2) is 9.84 Å². The van der Waals surface area contributed by atoms with Crippen LogP contribution >= 0.6 is 0 Å². The number of anilines is 2. The Morgan fingerprint density at radius 1 is 1.33 bits per heavy atom. The van der Waals surface area contributed by atoms with Crippen molar-refractivity contribution in [3.63, 3.8) is 0 Å². The Bertz CT molecular complexity index is 577. The smallest absolute Gasteiger partial charge is 0.245 e. The first-order valence-electron chi connectivity index (χ1n) is 5.43. The van der Waals surface area contributed by atoms with Crippen molar-refractivity contribution in [3.8, 4) is 0 Å². The number of hydrogen-bond donors (Lipinski definition) is 2. The third-order valence-electron chi connectivity index (χ3n) is 2.93. The zero-order valence-corrected chi connectivity index (χ0v) is 11.8. The predicted octanol–water partition coefficient (Wildman–Crippen LogP) is 1.34. The molecule has 1 aromatic rings. The van der Waals surface area contributed by atoms with Gasteiger partial charge < -0.3 is 11.1 Å². The fourth-order valence-electron chi connectivity index (χ4n) is 1.24. The number of hydrogen-bond acceptors (Lipinski definition) is 4. The molecule has 0 unspecified atom stereocenters. The van der Waals surface area contributed by atoms with Crippen molar-refractivity contribution in [2.45, 2.75) is 25.5 Å². The van der Waals surface area contributed by atoms with Crippen LogP contribution in [0.5, 0.6) is 0 Å². The maximum atomic E-state index is 12.0. The van der Waals surface area contributed by atoms with Gasteiger partial charge in [-0.05, 0) is 38.5 Å². The first-order valence-corrected chi connectivity index (χ1v) is 7.32. The van der Waals surface area contributed by atoms with Gasteiger partial charge in [-0.2, -0.15) is 0 Å². The number of carbonyl (C=O) groups is 1. The summed E-state index contributed by atoms with van der Waals surface area (Å²) >= 11 is 0. The number of sulfone groups is 1. The highest BCUT2D eigenvalue weighted by atomic mass is 32.2. The first-order chi connectivity index (χ1) is 8.05. The zero-order valence-electron chi connectivity index (χ0n) is 10.9. The van der Waals surface area contributed by atoms with Crippen molar-refractivity contribution in [1.29, 1.82) is 0 Å². The molecule has 0 aromatic heterocycles. The summed E-state index contributed by atoms with van der Waals surface area (Å²) in [4.78, 5) is 12.0. The average molecular weight is 270 g/mol. The number of amides is 1. The van der Waals surface area contributed by atoms with Gasteiger partial charge in [0.1, 0.15) is 4.75 Å². The van der Waals surface area contributed by atoms with Crippen LogP contribution in [-0.4, -0.2) is 25.3 Å². The van der Waals surface area contributed by atoms with E-state index in [1.54, 1.807) is 18.2 Å². The standard InChI is InChI=1S/C12H18N2O3S/c1-8-5-6-10(9(13)7-8)14-11(15)12(2,3)18(4,16)17/h5-7H,13H2,1-4H3,(H,14,15). The van der Waals surface area contributed by atoms with E-state index < -0.39 is 20.5 Å². The molecule has 18 heavy (non-hydrogen) atoms. The first kappa shape index (κ1) is 14.5. The van der Waals surface area contributed by atoms with E-state index in [-0.39, 0.29) is 0 Å². The van der Waals surface area contributed by atoms with Gasteiger partial charge in [0.05, 0.1) is 11.4 Å². The van der Waals surface area contributed by atoms with Crippen molar-refractivity contribution in [2.75, 3.05) is 17.3 Å². The van der Waals surface area contributed by atoms with Crippen molar-refractivity contribution in [3.05, 3.63) is 23.8 Å². The Morgan fingerprint density at radius 2 is 1.89 bits per heavy atom. The molecule has 1 amide bonds. The Morgan fingerprint density at radius 3 is 2.33 bits per heavy atom. The lowest BCUT2D eigenvalue weighted by Crippen LogP contribution is -2.43. The molecule has 0 bridgehead atoms. The third kappa shape index (κ3) is 2.81. The minimum Gasteiger partial charge on any atom is -0.397 e. The molecule has 1 aromatic carbocycles. The van der Waals surface area contributed by atoms with Gasteiger partial charge in [-0.15, -0.1) is 0 Å². The van der Waals surface area contributed by atoms with Crippen LogP contribution in [0.1, 0.15) is 19.4 Å². The molecule has 0 spiro atoms. The van der Waals surface area contributed by atoms with Crippen LogP contribution in [0.15, 0.2) is 18.2 Å². The van der Waals surface area contributed by atoms with Gasteiger partial charge in [-0.25, -0.2) is 8.42 Å². The largest absolute Gasteiger partial charge is 0.397 e. The normalized spacial score (nSPS) is 12.2. The Kier molecular flexibility index (Phi) is 3.71. The van der Waals surface area contributed by atoms with Crippen LogP contribution in [-0.2, 0) is 14.6 Å². The van der Waals surface area contributed by atoms with E-state index in [4.69, 9.17) is 5.73 Å². The van der Waals surface area contributed by atoms with E-state index in [9.17, 15) is 13.2 Å². The molecule has 0 radical (unpaired) electrons. The van der Waals surface area contributed by atoms with Crippen LogP contribution in [0, 0.1) is 6.92 Å². The molecule has 5 nitrogen and oxygen atoms in total. The highest BCUT2D eigenvalue weighted by Crippen LogP contribution is 2.23. The topological polar surface area (TPSA) is 89.3 Å². The molecule has 0 fully saturated rings. The summed E-state index contributed by atoms with van der Waals surface area (Å²) in [6.45, 7) is 4.60. The molecule has 0 aliphatic carbocycles. The van der Waals surface area contributed by atoms with Gasteiger partial charge in [0.2, 0.25) is 5.91 Å². The summed E-state index contributed by atoms with van der Waals surface area (Å²) in [5, 5.41) is 2.54. The summed E-state index contributed by atoms with van der Waals surface area (Å²) in [5.74, 6) is -0.597. The molecule has 6 heteroatoms. The van der Waals surface area contributed by atoms with E-state index in [0.29, 0.717) is 11.4 Å². The van der Waals surface area contributed by atoms with Crippen LogP contribution < -0.4 is 11.1 Å². The van der Waals surface area contributed by atoms with Crippen LogP contribution in [0.2, 0.25) is 0 Å². The molecule has 0 saturated carbocycles. The average Bonchev–Trinajstić information content (AvgIpc) is 2.20. The predicted molar refractivity (Wildman–Crippen MR) is 73.1 cm³/mol. The maximum Gasteiger partial charge on any atom is 0.245 e. The fourth-order valence-corrected chi connectivity index (χ4v) is 1.62. The van der Waals surface area contributed by atoms with Crippen molar-refractivity contribution in [1.82, 2.24) is 0 Å². The Balaban J connectivity index is 3.02. The molecular weight excluding hydrogens is 252 g/mol. The molecule has 0 atom stereocenters. The molecular formula is C12H18N2O3S. The number of aryl methyl sites for hydroxylation is 1. The van der Waals surface area contributed by atoms with Gasteiger partial charge in [0.25, 0.3) is 0 Å². The number of nitrogen functional groups attached to an aromatic ring is 1. The lowest BCUT2D eigenvalue weighted by molar-refractivity contribution is -0.117. The van der Waals surface area contributed by atoms with Crippen molar-refractivity contribution in [2.24, 2.45) is 0 Å². The summed E-state index contributed by atoms with van der Waals surface area (Å²) in [6.07, 6.45) is 1.03. The minimum absolute atomic E-state index is 0.410. The molecule has 100 valence electrons. The van der Waals surface area contributed by atoms with Crippen LogP contribution in [0.4, 0.5) is 11.4 Å². The molecule has 0 aliphatic heterocycles. The highest BCUT2D eigenvalue weighted by Gasteiger charge is 2.38. The molecule has 1 rings (SSSR count). The summed E-state index contributed by atoms with van der Waals surface area (Å²) in [7, 11) is -3.50. The Labute approximate surface area is 107 Å². The van der Waals surface area contributed by atoms with E-state index in [1.807, 2.05) is 6.92 Å². The SMILES string of the molecule is Cc1ccc(NC(=O)C(C)(C)S(C)(=O)=O)c(N)c1. The molecule has 0 aliphatic rings. The number of carbonyl (C=O) groups excluding carboxylic acids is 1. The molecule has 0 saturated heterocycles. The number of nitrogens with one attached hydrogen (secondary N) is 1. The van der Waals surface area contributed by atoms with E-state index >= 15 is 0 Å². The van der Waals surface area contributed by atoms with Gasteiger partial charge >= 0.3 is 0 Å². The molecule has 0 heterocycles. The maximum absolute atomic E-state index is 12.0. The van der Waals surface area contributed by atoms with E-state index in [2.05, 4.69) is 5.32 Å². The number of rotatable bonds is 3. The zero-order chi connectivity index (χ0) is 14.1. The fraction of sp³-hybridized carbons (Fsp3) is 0.417. The van der Waals surface area contributed by atoms with Crippen molar-refractivity contribution >= 4 is 27.1 Å². The summed E-state index contributed by atoms with van der Waals surface area (Å²) in [5.41, 5.74) is 7.55. The van der Waals surface area contributed by atoms with Gasteiger partial charge in [0, 0.05) is 6.26 Å². The van der Waals surface area contributed by atoms with Crippen molar-refractivity contribution < 1.29 is 13.2 Å². The third-order valence-corrected chi connectivity index (χ3v) is 4.97. The van der Waals surface area contributed by atoms with E-state index in [0.717, 1.165) is 11.8 Å². The summed E-state index contributed by atoms with van der Waals surface area (Å²) in [6, 6.07) is 5.16. The Hall–Kier alpha value is -1.56. The van der Waals surface area contributed by atoms with Crippen LogP contribution in [0.3, 0.4) is 0 Å². The highest BCUT2D eigenvalue weighted by molar-refractivity contribution is 7.92. The number of benzene rings is 1. The lowest BCUT2D eigenvalue weighted by Gasteiger charge is -2.22. The molecule has 3 N–H and O–H groups in total. The van der Waals surface area contributed by atoms with E-state index in [1.165, 1.54) is 13.8 Å². The minimum atomic E-state index is -3.50. The lowest BCUT2D eigenvalue weighted by atomic mass is 10.1. The monoisotopic (exact) mass is 270 g/mol. The second-order valence-electron chi connectivity index (χ2n) is 4.83. The summed E-state index contributed by atoms with van der Waals surface area (Å²) < 4.78 is 21.6. The second-order valence-corrected chi connectivity index (χ2v) is 7.39. The van der Waals surface area contributed by atoms with Gasteiger partial charge in [-0.3, -0.25) is 4.79 Å².